The first-order chi connectivity index (χ1) is 31.8. The Bertz CT molecular complexity index is 2360. The number of tetrazole rings is 1. The van der Waals surface area contributed by atoms with Gasteiger partial charge in [0.1, 0.15) is 23.9 Å². The minimum atomic E-state index is -4.16. The standard InChI is InChI=1S/C45H68N9O11PSi/c1-12-60-66(56,61-13-2)45(29-57-8,26-36-49-51-52(50-36)30-58-24-25-67(9,10)11)59-28-34-37-38(64-44(6,7)63-37)41(62-34)54-40-33(27-46-54)39(47-35(48-40)23-22-31-18-15-14-16-19-31)53(32-20-17-21-32)42(55)65-43(3,4)5/h14-16,18-19,22-23,27,32,34,37-38,41H,12-13,17,20-21,24-26,28-30H2,1-11H3/b23-22+/t34-,37-,38-,41-,45-/m1/s1. The lowest BCUT2D eigenvalue weighted by atomic mass is 9.91. The molecular weight excluding hydrogens is 902 g/mol. The first-order valence-corrected chi connectivity index (χ1v) is 28.4. The maximum atomic E-state index is 15.0. The van der Waals surface area contributed by atoms with Gasteiger partial charge in [-0.15, -0.1) is 15.0 Å². The van der Waals surface area contributed by atoms with Crippen molar-refractivity contribution in [1.29, 1.82) is 0 Å². The Labute approximate surface area is 393 Å². The highest BCUT2D eigenvalue weighted by Gasteiger charge is 2.59. The van der Waals surface area contributed by atoms with Crippen LogP contribution in [-0.2, 0) is 59.9 Å². The van der Waals surface area contributed by atoms with E-state index in [1.165, 1.54) is 11.9 Å². The molecule has 0 radical (unpaired) electrons. The number of benzene rings is 1. The van der Waals surface area contributed by atoms with Gasteiger partial charge in [-0.25, -0.2) is 19.4 Å². The van der Waals surface area contributed by atoms with Gasteiger partial charge >= 0.3 is 13.7 Å². The van der Waals surface area contributed by atoms with Gasteiger partial charge < -0.3 is 42.2 Å². The van der Waals surface area contributed by atoms with Crippen molar-refractivity contribution in [2.24, 2.45) is 0 Å². The smallest absolute Gasteiger partial charge is 0.416 e. The maximum Gasteiger partial charge on any atom is 0.416 e. The third kappa shape index (κ3) is 12.1. The largest absolute Gasteiger partial charge is 0.443 e. The molecule has 2 saturated heterocycles. The number of ether oxygens (including phenoxy) is 7. The first kappa shape index (κ1) is 50.8. The molecule has 4 aromatic rings. The number of hydrogen-bond acceptors (Lipinski definition) is 17. The third-order valence-electron chi connectivity index (χ3n) is 11.4. The van der Waals surface area contributed by atoms with Gasteiger partial charge in [-0.3, -0.25) is 9.46 Å². The van der Waals surface area contributed by atoms with Crippen LogP contribution in [0.15, 0.2) is 36.5 Å². The fourth-order valence-corrected chi connectivity index (χ4v) is 10.9. The van der Waals surface area contributed by atoms with Crippen LogP contribution in [0.3, 0.4) is 0 Å². The summed E-state index contributed by atoms with van der Waals surface area (Å²) in [4.78, 5) is 27.0. The number of carbonyl (C=O) groups excluding carboxylic acids is 1. The normalized spacial score (nSPS) is 22.0. The van der Waals surface area contributed by atoms with E-state index in [0.717, 1.165) is 30.9 Å². The zero-order valence-electron chi connectivity index (χ0n) is 40.7. The molecule has 1 saturated carbocycles. The van der Waals surface area contributed by atoms with Gasteiger partial charge in [0, 0.05) is 27.8 Å². The molecule has 368 valence electrons. The van der Waals surface area contributed by atoms with Crippen LogP contribution in [0.5, 0.6) is 0 Å². The quantitative estimate of drug-likeness (QED) is 0.0417. The van der Waals surface area contributed by atoms with Crippen LogP contribution in [0.25, 0.3) is 23.2 Å². The topological polar surface area (TPSA) is 208 Å². The van der Waals surface area contributed by atoms with Crippen LogP contribution in [0.2, 0.25) is 25.7 Å². The monoisotopic (exact) mass is 969 g/mol. The molecule has 5 heterocycles. The van der Waals surface area contributed by atoms with E-state index in [0.29, 0.717) is 29.3 Å². The minimum absolute atomic E-state index is 0.0554. The summed E-state index contributed by atoms with van der Waals surface area (Å²) in [6.45, 7) is 19.8. The van der Waals surface area contributed by atoms with E-state index in [9.17, 15) is 4.79 Å². The van der Waals surface area contributed by atoms with Crippen molar-refractivity contribution in [2.45, 2.75) is 154 Å². The predicted molar refractivity (Wildman–Crippen MR) is 252 cm³/mol. The number of carbonyl (C=O) groups is 1. The average molecular weight is 970 g/mol. The number of nitrogens with zero attached hydrogens (tertiary/aromatic N) is 9. The van der Waals surface area contributed by atoms with Crippen molar-refractivity contribution >= 4 is 50.8 Å². The summed E-state index contributed by atoms with van der Waals surface area (Å²) in [6, 6.07) is 10.6. The van der Waals surface area contributed by atoms with Crippen LogP contribution >= 0.6 is 7.60 Å². The number of anilines is 1. The molecule has 20 nitrogen and oxygen atoms in total. The van der Waals surface area contributed by atoms with Crippen molar-refractivity contribution < 1.29 is 51.6 Å². The molecule has 3 aromatic heterocycles. The lowest BCUT2D eigenvalue weighted by molar-refractivity contribution is -0.207. The van der Waals surface area contributed by atoms with Gasteiger partial charge in [-0.2, -0.15) is 5.10 Å². The fourth-order valence-electron chi connectivity index (χ4n) is 8.11. The molecule has 3 aliphatic rings. The second-order valence-electron chi connectivity index (χ2n) is 19.7. The molecule has 67 heavy (non-hydrogen) atoms. The molecule has 22 heteroatoms. The molecule has 3 fully saturated rings. The second-order valence-corrected chi connectivity index (χ2v) is 27.6. The van der Waals surface area contributed by atoms with Crippen molar-refractivity contribution in [1.82, 2.24) is 40.0 Å². The molecule has 0 N–H and O–H groups in total. The molecule has 0 bridgehead atoms. The zero-order chi connectivity index (χ0) is 48.2. The minimum Gasteiger partial charge on any atom is -0.443 e. The average Bonchev–Trinajstić information content (AvgIpc) is 4.01. The van der Waals surface area contributed by atoms with Crippen molar-refractivity contribution in [2.75, 3.05) is 45.0 Å². The Morgan fingerprint density at radius 2 is 1.75 bits per heavy atom. The lowest BCUT2D eigenvalue weighted by Crippen LogP contribution is -2.47. The van der Waals surface area contributed by atoms with Crippen LogP contribution in [0.4, 0.5) is 10.6 Å². The summed E-state index contributed by atoms with van der Waals surface area (Å²) < 4.78 is 72.9. The van der Waals surface area contributed by atoms with E-state index in [1.807, 2.05) is 71.0 Å². The van der Waals surface area contributed by atoms with Gasteiger partial charge in [-0.1, -0.05) is 56.0 Å². The summed E-state index contributed by atoms with van der Waals surface area (Å²) in [5, 5.41) is 16.6. The molecule has 1 aliphatic carbocycles. The van der Waals surface area contributed by atoms with Gasteiger partial charge in [0.25, 0.3) is 0 Å². The molecule has 2 aliphatic heterocycles. The highest BCUT2D eigenvalue weighted by atomic mass is 31.2. The third-order valence-corrected chi connectivity index (χ3v) is 15.7. The number of methoxy groups -OCH3 is 1. The second kappa shape index (κ2) is 20.9. The number of fused-ring (bicyclic) bond motifs is 2. The van der Waals surface area contributed by atoms with E-state index >= 15 is 4.57 Å². The van der Waals surface area contributed by atoms with Gasteiger partial charge in [0.15, 0.2) is 47.2 Å². The van der Waals surface area contributed by atoms with Gasteiger partial charge in [-0.05, 0) is 90.6 Å². The molecule has 5 atom stereocenters. The lowest BCUT2D eigenvalue weighted by Gasteiger charge is -2.38. The summed E-state index contributed by atoms with van der Waals surface area (Å²) in [5.41, 5.74) is 0.588. The first-order valence-electron chi connectivity index (χ1n) is 23.1. The summed E-state index contributed by atoms with van der Waals surface area (Å²) in [7, 11) is -4.00. The van der Waals surface area contributed by atoms with Crippen LogP contribution in [0.1, 0.15) is 91.2 Å². The Morgan fingerprint density at radius 3 is 2.39 bits per heavy atom. The molecular formula is C45H68N9O11PSi. The van der Waals surface area contributed by atoms with Crippen molar-refractivity contribution in [3.05, 3.63) is 53.7 Å². The van der Waals surface area contributed by atoms with Crippen LogP contribution < -0.4 is 4.90 Å². The molecule has 1 amide bonds. The van der Waals surface area contributed by atoms with Gasteiger partial charge in [0.05, 0.1) is 44.4 Å². The number of amides is 1. The Balaban J connectivity index is 1.24. The van der Waals surface area contributed by atoms with E-state index in [1.54, 1.807) is 35.7 Å². The molecule has 7 rings (SSSR count). The fraction of sp³-hybridized carbons (Fsp3) is 0.667. The molecule has 0 spiro atoms. The molecule has 0 unspecified atom stereocenters. The van der Waals surface area contributed by atoms with E-state index in [2.05, 4.69) is 35.1 Å². The van der Waals surface area contributed by atoms with E-state index in [4.69, 9.17) is 57.3 Å². The Morgan fingerprint density at radius 1 is 1.03 bits per heavy atom. The Kier molecular flexibility index (Phi) is 15.9. The summed E-state index contributed by atoms with van der Waals surface area (Å²) in [6.07, 6.45) is 4.09. The Hall–Kier alpha value is -4.02. The highest BCUT2D eigenvalue weighted by Crippen LogP contribution is 2.62. The summed E-state index contributed by atoms with van der Waals surface area (Å²) in [5.74, 6) is -0.102. The van der Waals surface area contributed by atoms with Crippen LogP contribution in [0, 0.1) is 0 Å². The number of aromatic nitrogens is 8. The maximum absolute atomic E-state index is 15.0. The summed E-state index contributed by atoms with van der Waals surface area (Å²) >= 11 is 0. The SMILES string of the molecule is CCOP(=O)(OCC)[C@@](COC)(Cc1nnn(COCC[Si](C)(C)C)n1)OC[C@H]1O[C@@H](n2ncc3c(N(C(=O)OC(C)(C)C)C4CCC4)nc(/C=C/c4ccccc4)nc32)[C@@H]2OC(C)(C)O[C@@H]21. The number of rotatable bonds is 22. The number of hydrogen-bond donors (Lipinski definition) is 0. The van der Waals surface area contributed by atoms with Gasteiger partial charge in [0.2, 0.25) is 0 Å². The van der Waals surface area contributed by atoms with Crippen LogP contribution in [-0.4, -0.2) is 135 Å². The zero-order valence-corrected chi connectivity index (χ0v) is 42.6. The highest BCUT2D eigenvalue weighted by molar-refractivity contribution is 7.55. The van der Waals surface area contributed by atoms with E-state index < -0.39 is 63.0 Å². The predicted octanol–water partition coefficient (Wildman–Crippen LogP) is 7.88. The van der Waals surface area contributed by atoms with Crippen molar-refractivity contribution in [3.8, 4) is 0 Å². The van der Waals surface area contributed by atoms with Crippen molar-refractivity contribution in [3.63, 3.8) is 0 Å². The van der Waals surface area contributed by atoms with E-state index in [-0.39, 0.29) is 51.4 Å². The molecule has 1 aromatic carbocycles.